The molecule has 2 N–H and O–H groups in total. The summed E-state index contributed by atoms with van der Waals surface area (Å²) in [7, 11) is 0. The van der Waals surface area contributed by atoms with Crippen LogP contribution in [0.4, 0.5) is 5.69 Å². The van der Waals surface area contributed by atoms with E-state index in [-0.39, 0.29) is 17.7 Å². The van der Waals surface area contributed by atoms with Gasteiger partial charge in [0.05, 0.1) is 11.3 Å². The Balaban J connectivity index is 1.59. The second kappa shape index (κ2) is 9.64. The molecule has 2 aromatic carbocycles. The lowest BCUT2D eigenvalue weighted by atomic mass is 9.88. The number of amides is 2. The lowest BCUT2D eigenvalue weighted by Crippen LogP contribution is -2.24. The molecule has 0 unspecified atom stereocenters. The molecule has 0 radical (unpaired) electrons. The molecule has 2 amide bonds. The zero-order valence-corrected chi connectivity index (χ0v) is 17.5. The average Bonchev–Trinajstić information content (AvgIpc) is 2.73. The first-order chi connectivity index (χ1) is 13.5. The minimum atomic E-state index is -0.275. The molecule has 5 nitrogen and oxygen atoms in total. The van der Waals surface area contributed by atoms with Crippen LogP contribution >= 0.6 is 15.9 Å². The Kier molecular flexibility index (Phi) is 6.98. The van der Waals surface area contributed by atoms with Crippen molar-refractivity contribution in [3.63, 3.8) is 0 Å². The van der Waals surface area contributed by atoms with Crippen molar-refractivity contribution in [3.8, 4) is 0 Å². The predicted octanol–water partition coefficient (Wildman–Crippen LogP) is 5.12. The summed E-state index contributed by atoms with van der Waals surface area (Å²) in [6.07, 6.45) is 5.46. The molecule has 0 bridgehead atoms. The van der Waals surface area contributed by atoms with E-state index in [4.69, 9.17) is 0 Å². The van der Waals surface area contributed by atoms with E-state index in [1.165, 1.54) is 6.42 Å². The normalized spacial score (nSPS) is 15.1. The van der Waals surface area contributed by atoms with Crippen LogP contribution in [0.15, 0.2) is 58.1 Å². The number of carbonyl (C=O) groups is 2. The quantitative estimate of drug-likeness (QED) is 0.498. The molecule has 6 heteroatoms. The van der Waals surface area contributed by atoms with Gasteiger partial charge in [-0.25, -0.2) is 5.43 Å². The van der Waals surface area contributed by atoms with Crippen LogP contribution < -0.4 is 10.7 Å². The zero-order chi connectivity index (χ0) is 19.9. The fraction of sp³-hybridized carbons (Fsp3) is 0.318. The minimum absolute atomic E-state index is 0.110. The number of halogens is 1. The van der Waals surface area contributed by atoms with Crippen molar-refractivity contribution in [2.45, 2.75) is 39.0 Å². The summed E-state index contributed by atoms with van der Waals surface area (Å²) < 4.78 is 0.721. The molecule has 0 aromatic heterocycles. The lowest BCUT2D eigenvalue weighted by Gasteiger charge is -2.20. The minimum Gasteiger partial charge on any atom is -0.326 e. The van der Waals surface area contributed by atoms with Crippen LogP contribution in [0.5, 0.6) is 0 Å². The Labute approximate surface area is 173 Å². The first-order valence-electron chi connectivity index (χ1n) is 9.55. The highest BCUT2D eigenvalue weighted by atomic mass is 79.9. The van der Waals surface area contributed by atoms with Crippen molar-refractivity contribution in [2.24, 2.45) is 11.0 Å². The van der Waals surface area contributed by atoms with Crippen molar-refractivity contribution in [1.29, 1.82) is 0 Å². The van der Waals surface area contributed by atoms with Gasteiger partial charge in [0.1, 0.15) is 0 Å². The third-order valence-electron chi connectivity index (χ3n) is 4.99. The van der Waals surface area contributed by atoms with Crippen molar-refractivity contribution in [2.75, 3.05) is 5.32 Å². The van der Waals surface area contributed by atoms with Crippen LogP contribution in [0, 0.1) is 5.92 Å². The Morgan fingerprint density at radius 2 is 1.68 bits per heavy atom. The first kappa shape index (κ1) is 20.3. The van der Waals surface area contributed by atoms with Gasteiger partial charge < -0.3 is 5.32 Å². The molecule has 0 spiro atoms. The number of hydrogen-bond donors (Lipinski definition) is 2. The fourth-order valence-electron chi connectivity index (χ4n) is 3.31. The van der Waals surface area contributed by atoms with Crippen molar-refractivity contribution in [1.82, 2.24) is 5.43 Å². The van der Waals surface area contributed by atoms with Gasteiger partial charge in [-0.3, -0.25) is 9.59 Å². The number of hydrazone groups is 1. The zero-order valence-electron chi connectivity index (χ0n) is 15.9. The van der Waals surface area contributed by atoms with Gasteiger partial charge in [-0.1, -0.05) is 43.5 Å². The summed E-state index contributed by atoms with van der Waals surface area (Å²) in [4.78, 5) is 24.6. The monoisotopic (exact) mass is 441 g/mol. The number of rotatable bonds is 5. The van der Waals surface area contributed by atoms with Gasteiger partial charge >= 0.3 is 0 Å². The van der Waals surface area contributed by atoms with Crippen LogP contribution in [-0.4, -0.2) is 17.5 Å². The van der Waals surface area contributed by atoms with E-state index in [1.807, 2.05) is 43.3 Å². The van der Waals surface area contributed by atoms with Gasteiger partial charge in [0.25, 0.3) is 5.91 Å². The highest BCUT2D eigenvalue weighted by Gasteiger charge is 2.20. The van der Waals surface area contributed by atoms with Crippen molar-refractivity contribution in [3.05, 3.63) is 64.1 Å². The SMILES string of the molecule is CC(=NNC(=O)c1ccccc1Br)c1ccc(NC(=O)C2CCCCC2)cc1. The second-order valence-electron chi connectivity index (χ2n) is 7.02. The third kappa shape index (κ3) is 5.29. The van der Waals surface area contributed by atoms with Crippen LogP contribution in [0.3, 0.4) is 0 Å². The molecule has 28 heavy (non-hydrogen) atoms. The smallest absolute Gasteiger partial charge is 0.272 e. The molecular weight excluding hydrogens is 418 g/mol. The molecule has 3 rings (SSSR count). The number of anilines is 1. The molecule has 1 aliphatic carbocycles. The molecule has 0 aliphatic heterocycles. The van der Waals surface area contributed by atoms with Crippen LogP contribution in [-0.2, 0) is 4.79 Å². The molecule has 2 aromatic rings. The van der Waals surface area contributed by atoms with E-state index in [0.717, 1.165) is 41.4 Å². The maximum Gasteiger partial charge on any atom is 0.272 e. The van der Waals surface area contributed by atoms with Gasteiger partial charge in [0.15, 0.2) is 0 Å². The Morgan fingerprint density at radius 3 is 2.36 bits per heavy atom. The number of hydrogen-bond acceptors (Lipinski definition) is 3. The maximum atomic E-state index is 12.3. The van der Waals surface area contributed by atoms with E-state index >= 15 is 0 Å². The van der Waals surface area contributed by atoms with Crippen LogP contribution in [0.1, 0.15) is 54.9 Å². The number of nitrogens with zero attached hydrogens (tertiary/aromatic N) is 1. The summed E-state index contributed by atoms with van der Waals surface area (Å²) in [5.41, 5.74) is 5.45. The number of nitrogens with one attached hydrogen (secondary N) is 2. The van der Waals surface area contributed by atoms with Crippen molar-refractivity contribution >= 4 is 39.1 Å². The third-order valence-corrected chi connectivity index (χ3v) is 5.68. The van der Waals surface area contributed by atoms with Crippen molar-refractivity contribution < 1.29 is 9.59 Å². The molecule has 146 valence electrons. The van der Waals surface area contributed by atoms with Gasteiger partial charge in [0.2, 0.25) is 5.91 Å². The largest absolute Gasteiger partial charge is 0.326 e. The summed E-state index contributed by atoms with van der Waals surface area (Å²) in [5.74, 6) is -0.0361. The lowest BCUT2D eigenvalue weighted by molar-refractivity contribution is -0.120. The molecule has 0 atom stereocenters. The molecule has 0 saturated heterocycles. The van der Waals surface area contributed by atoms with Crippen LogP contribution in [0.25, 0.3) is 0 Å². The topological polar surface area (TPSA) is 70.6 Å². The standard InChI is InChI=1S/C22H24BrN3O2/c1-15(25-26-22(28)19-9-5-6-10-20(19)23)16-11-13-18(14-12-16)24-21(27)17-7-3-2-4-8-17/h5-6,9-14,17H,2-4,7-8H2,1H3,(H,24,27)(H,26,28). The highest BCUT2D eigenvalue weighted by molar-refractivity contribution is 9.10. The summed E-state index contributed by atoms with van der Waals surface area (Å²) in [5, 5.41) is 7.19. The van der Waals surface area contributed by atoms with Gasteiger partial charge in [-0.2, -0.15) is 5.10 Å². The first-order valence-corrected chi connectivity index (χ1v) is 10.3. The van der Waals surface area contributed by atoms with E-state index < -0.39 is 0 Å². The maximum absolute atomic E-state index is 12.3. The average molecular weight is 442 g/mol. The van der Waals surface area contributed by atoms with E-state index in [2.05, 4.69) is 31.8 Å². The van der Waals surface area contributed by atoms with Gasteiger partial charge in [-0.05, 0) is 65.5 Å². The van der Waals surface area contributed by atoms with Gasteiger partial charge in [0, 0.05) is 16.1 Å². The predicted molar refractivity (Wildman–Crippen MR) is 115 cm³/mol. The summed E-state index contributed by atoms with van der Waals surface area (Å²) in [6.45, 7) is 1.83. The summed E-state index contributed by atoms with van der Waals surface area (Å²) >= 11 is 3.36. The second-order valence-corrected chi connectivity index (χ2v) is 7.87. The van der Waals surface area contributed by atoms with Gasteiger partial charge in [-0.15, -0.1) is 0 Å². The molecule has 1 aliphatic rings. The Morgan fingerprint density at radius 1 is 1.00 bits per heavy atom. The highest BCUT2D eigenvalue weighted by Crippen LogP contribution is 2.25. The molecular formula is C22H24BrN3O2. The van der Waals surface area contributed by atoms with Crippen LogP contribution in [0.2, 0.25) is 0 Å². The Hall–Kier alpha value is -2.47. The van der Waals surface area contributed by atoms with E-state index in [9.17, 15) is 9.59 Å². The molecule has 1 saturated carbocycles. The molecule has 1 fully saturated rings. The fourth-order valence-corrected chi connectivity index (χ4v) is 3.77. The van der Waals surface area contributed by atoms with E-state index in [0.29, 0.717) is 11.3 Å². The van der Waals surface area contributed by atoms with E-state index in [1.54, 1.807) is 12.1 Å². The number of carbonyl (C=O) groups excluding carboxylic acids is 2. The number of benzene rings is 2. The molecule has 0 heterocycles. The summed E-state index contributed by atoms with van der Waals surface area (Å²) in [6, 6.07) is 14.7. The Bertz CT molecular complexity index is 872.